The molecule has 0 saturated carbocycles. The molecule has 1 aliphatic heterocycles. The molecular weight excluding hydrogens is 324 g/mol. The smallest absolute Gasteiger partial charge is 0.237 e. The van der Waals surface area contributed by atoms with Crippen LogP contribution in [0.5, 0.6) is 0 Å². The fraction of sp³-hybridized carbons (Fsp3) is 0.533. The molecule has 5 nitrogen and oxygen atoms in total. The third kappa shape index (κ3) is 4.97. The van der Waals surface area contributed by atoms with Crippen molar-refractivity contribution in [1.29, 1.82) is 0 Å². The molecule has 0 bridgehead atoms. The number of carbonyl (C=O) groups is 1. The van der Waals surface area contributed by atoms with Crippen LogP contribution in [-0.4, -0.2) is 38.7 Å². The lowest BCUT2D eigenvalue weighted by atomic mass is 10.2. The lowest BCUT2D eigenvalue weighted by Gasteiger charge is -2.19. The van der Waals surface area contributed by atoms with Crippen LogP contribution >= 0.6 is 12.4 Å². The lowest BCUT2D eigenvalue weighted by molar-refractivity contribution is -0.123. The molecule has 2 rings (SSSR count). The van der Waals surface area contributed by atoms with E-state index in [9.17, 15) is 13.2 Å². The summed E-state index contributed by atoms with van der Waals surface area (Å²) in [6, 6.07) is 7.82. The predicted molar refractivity (Wildman–Crippen MR) is 89.0 cm³/mol. The molecular formula is C15H23ClN2O3S. The number of sulfone groups is 1. The molecule has 1 aromatic carbocycles. The van der Waals surface area contributed by atoms with Crippen molar-refractivity contribution in [2.75, 3.05) is 12.3 Å². The van der Waals surface area contributed by atoms with E-state index in [1.54, 1.807) is 30.3 Å². The van der Waals surface area contributed by atoms with Crippen molar-refractivity contribution in [2.24, 2.45) is 0 Å². The summed E-state index contributed by atoms with van der Waals surface area (Å²) in [6.07, 6.45) is 2.38. The minimum atomic E-state index is -3.38. The van der Waals surface area contributed by atoms with Gasteiger partial charge in [0.05, 0.1) is 16.7 Å². The Balaban J connectivity index is 0.00000242. The minimum absolute atomic E-state index is 0. The van der Waals surface area contributed by atoms with Crippen molar-refractivity contribution >= 4 is 28.2 Å². The average Bonchev–Trinajstić information content (AvgIpc) is 3.01. The second kappa shape index (κ2) is 8.50. The number of hydrogen-bond acceptors (Lipinski definition) is 4. The van der Waals surface area contributed by atoms with Crippen LogP contribution in [0, 0.1) is 0 Å². The first-order chi connectivity index (χ1) is 10.0. The second-order valence-electron chi connectivity index (χ2n) is 5.36. The van der Waals surface area contributed by atoms with Gasteiger partial charge in [-0.25, -0.2) is 8.42 Å². The van der Waals surface area contributed by atoms with Gasteiger partial charge in [-0.2, -0.15) is 0 Å². The highest BCUT2D eigenvalue weighted by Gasteiger charge is 2.26. The van der Waals surface area contributed by atoms with Crippen LogP contribution in [0.4, 0.5) is 0 Å². The SMILES string of the molecule is CCC(CS(=O)(=O)c1ccccc1)NC(=O)C1CCCN1.Cl. The average molecular weight is 347 g/mol. The number of hydrogen-bond donors (Lipinski definition) is 2. The van der Waals surface area contributed by atoms with Crippen LogP contribution < -0.4 is 10.6 Å². The Labute approximate surface area is 138 Å². The van der Waals surface area contributed by atoms with Crippen LogP contribution in [0.3, 0.4) is 0 Å². The summed E-state index contributed by atoms with van der Waals surface area (Å²) in [5, 5.41) is 5.97. The summed E-state index contributed by atoms with van der Waals surface area (Å²) >= 11 is 0. The van der Waals surface area contributed by atoms with Crippen molar-refractivity contribution in [1.82, 2.24) is 10.6 Å². The van der Waals surface area contributed by atoms with Crippen LogP contribution in [-0.2, 0) is 14.6 Å². The van der Waals surface area contributed by atoms with Gasteiger partial charge in [0, 0.05) is 6.04 Å². The Morgan fingerprint density at radius 1 is 1.36 bits per heavy atom. The Kier molecular flexibility index (Phi) is 7.32. The van der Waals surface area contributed by atoms with E-state index in [-0.39, 0.29) is 36.2 Å². The zero-order valence-electron chi connectivity index (χ0n) is 12.6. The minimum Gasteiger partial charge on any atom is -0.351 e. The van der Waals surface area contributed by atoms with Crippen molar-refractivity contribution in [3.05, 3.63) is 30.3 Å². The molecule has 1 aromatic rings. The fourth-order valence-electron chi connectivity index (χ4n) is 2.46. The summed E-state index contributed by atoms with van der Waals surface area (Å²) in [5.41, 5.74) is 0. The van der Waals surface area contributed by atoms with Crippen LogP contribution in [0.2, 0.25) is 0 Å². The molecule has 1 amide bonds. The van der Waals surface area contributed by atoms with Gasteiger partial charge in [0.15, 0.2) is 9.84 Å². The first-order valence-electron chi connectivity index (χ1n) is 7.34. The van der Waals surface area contributed by atoms with E-state index in [2.05, 4.69) is 10.6 Å². The highest BCUT2D eigenvalue weighted by atomic mass is 35.5. The van der Waals surface area contributed by atoms with E-state index in [0.29, 0.717) is 11.3 Å². The van der Waals surface area contributed by atoms with Crippen molar-refractivity contribution in [3.63, 3.8) is 0 Å². The molecule has 1 heterocycles. The van der Waals surface area contributed by atoms with E-state index >= 15 is 0 Å². The van der Waals surface area contributed by atoms with Crippen molar-refractivity contribution in [2.45, 2.75) is 43.2 Å². The molecule has 1 aliphatic rings. The van der Waals surface area contributed by atoms with E-state index in [1.165, 1.54) is 0 Å². The molecule has 124 valence electrons. The highest BCUT2D eigenvalue weighted by molar-refractivity contribution is 7.91. The van der Waals surface area contributed by atoms with Gasteiger partial charge in [0.1, 0.15) is 0 Å². The number of amides is 1. The Morgan fingerprint density at radius 3 is 2.59 bits per heavy atom. The van der Waals surface area contributed by atoms with Gasteiger partial charge in [-0.05, 0) is 37.9 Å². The van der Waals surface area contributed by atoms with Crippen LogP contribution in [0.25, 0.3) is 0 Å². The topological polar surface area (TPSA) is 75.3 Å². The molecule has 0 aromatic heterocycles. The molecule has 2 unspecified atom stereocenters. The van der Waals surface area contributed by atoms with Gasteiger partial charge in [0.2, 0.25) is 5.91 Å². The van der Waals surface area contributed by atoms with E-state index in [4.69, 9.17) is 0 Å². The van der Waals surface area contributed by atoms with E-state index < -0.39 is 9.84 Å². The fourth-order valence-corrected chi connectivity index (χ4v) is 4.07. The van der Waals surface area contributed by atoms with Gasteiger partial charge in [-0.15, -0.1) is 12.4 Å². The maximum Gasteiger partial charge on any atom is 0.237 e. The second-order valence-corrected chi connectivity index (χ2v) is 7.39. The van der Waals surface area contributed by atoms with Gasteiger partial charge in [0.25, 0.3) is 0 Å². The number of rotatable bonds is 6. The molecule has 0 aliphatic carbocycles. The zero-order chi connectivity index (χ0) is 15.3. The van der Waals surface area contributed by atoms with Crippen molar-refractivity contribution < 1.29 is 13.2 Å². The Morgan fingerprint density at radius 2 is 2.05 bits per heavy atom. The molecule has 7 heteroatoms. The first-order valence-corrected chi connectivity index (χ1v) is 8.99. The number of carbonyl (C=O) groups excluding carboxylic acids is 1. The molecule has 22 heavy (non-hydrogen) atoms. The summed E-state index contributed by atoms with van der Waals surface area (Å²) in [6.45, 7) is 2.73. The number of benzene rings is 1. The standard InChI is InChI=1S/C15H22N2O3S.ClH/c1-2-12(17-15(18)14-9-6-10-16-14)11-21(19,20)13-7-4-3-5-8-13;/h3-5,7-8,12,14,16H,2,6,9-11H2,1H3,(H,17,18);1H. The first kappa shape index (κ1) is 18.9. The molecule has 1 fully saturated rings. The van der Waals surface area contributed by atoms with Crippen molar-refractivity contribution in [3.8, 4) is 0 Å². The summed E-state index contributed by atoms with van der Waals surface area (Å²) in [7, 11) is -3.38. The molecule has 2 atom stereocenters. The number of halogens is 1. The molecule has 2 N–H and O–H groups in total. The Hall–Kier alpha value is -1.11. The van der Waals surface area contributed by atoms with E-state index in [0.717, 1.165) is 19.4 Å². The maximum atomic E-state index is 12.3. The van der Waals surface area contributed by atoms with Gasteiger partial charge in [-0.3, -0.25) is 4.79 Å². The zero-order valence-corrected chi connectivity index (χ0v) is 14.3. The summed E-state index contributed by atoms with van der Waals surface area (Å²) in [5.74, 6) is -0.158. The third-order valence-corrected chi connectivity index (χ3v) is 5.57. The third-order valence-electron chi connectivity index (χ3n) is 3.74. The molecule has 1 saturated heterocycles. The van der Waals surface area contributed by atoms with Gasteiger partial charge in [-0.1, -0.05) is 25.1 Å². The largest absolute Gasteiger partial charge is 0.351 e. The molecule has 0 spiro atoms. The van der Waals surface area contributed by atoms with Crippen LogP contribution in [0.15, 0.2) is 35.2 Å². The highest BCUT2D eigenvalue weighted by Crippen LogP contribution is 2.13. The van der Waals surface area contributed by atoms with E-state index in [1.807, 2.05) is 6.92 Å². The lowest BCUT2D eigenvalue weighted by Crippen LogP contribution is -2.47. The van der Waals surface area contributed by atoms with Crippen LogP contribution in [0.1, 0.15) is 26.2 Å². The normalized spacial score (nSPS) is 19.2. The number of nitrogens with one attached hydrogen (secondary N) is 2. The predicted octanol–water partition coefficient (Wildman–Crippen LogP) is 1.53. The maximum absolute atomic E-state index is 12.3. The monoisotopic (exact) mass is 346 g/mol. The Bertz CT molecular complexity index is 572. The summed E-state index contributed by atoms with van der Waals surface area (Å²) in [4.78, 5) is 12.4. The molecule has 0 radical (unpaired) electrons. The van der Waals surface area contributed by atoms with Gasteiger partial charge >= 0.3 is 0 Å². The summed E-state index contributed by atoms with van der Waals surface area (Å²) < 4.78 is 24.7. The van der Waals surface area contributed by atoms with Gasteiger partial charge < -0.3 is 10.6 Å². The quantitative estimate of drug-likeness (QED) is 0.819.